The van der Waals surface area contributed by atoms with Gasteiger partial charge in [-0.15, -0.1) is 13.2 Å². The van der Waals surface area contributed by atoms with E-state index >= 15 is 0 Å². The van der Waals surface area contributed by atoms with Crippen LogP contribution in [-0.4, -0.2) is 44.1 Å². The van der Waals surface area contributed by atoms with Crippen molar-refractivity contribution in [2.24, 2.45) is 11.8 Å². The number of carbonyl (C=O) groups excluding carboxylic acids is 1. The van der Waals surface area contributed by atoms with Crippen LogP contribution in [0.25, 0.3) is 0 Å². The summed E-state index contributed by atoms with van der Waals surface area (Å²) in [5.74, 6) is -0.336. The number of nitrogens with one attached hydrogen (secondary N) is 1. The summed E-state index contributed by atoms with van der Waals surface area (Å²) in [4.78, 5) is 12.5. The van der Waals surface area contributed by atoms with Crippen LogP contribution in [0.5, 0.6) is 5.75 Å². The highest BCUT2D eigenvalue weighted by atomic mass is 32.2. The number of unbranched alkanes of at least 4 members (excludes halogenated alkanes) is 1. The van der Waals surface area contributed by atoms with Gasteiger partial charge in [0.05, 0.1) is 4.90 Å². The molecule has 2 aliphatic rings. The molecule has 2 unspecified atom stereocenters. The van der Waals surface area contributed by atoms with Gasteiger partial charge in [-0.1, -0.05) is 32.3 Å². The molecule has 6 nitrogen and oxygen atoms in total. The molecule has 0 spiro atoms. The summed E-state index contributed by atoms with van der Waals surface area (Å²) >= 11 is 0. The number of sulfonamides is 1. The predicted octanol–water partition coefficient (Wildman–Crippen LogP) is 4.46. The summed E-state index contributed by atoms with van der Waals surface area (Å²) in [7, 11) is -3.98. The molecule has 1 saturated carbocycles. The monoisotopic (exact) mass is 476 g/mol. The molecule has 1 amide bonds. The molecule has 1 N–H and O–H groups in total. The average molecular weight is 477 g/mol. The lowest BCUT2D eigenvalue weighted by molar-refractivity contribution is -0.274. The highest BCUT2D eigenvalue weighted by Gasteiger charge is 2.35. The van der Waals surface area contributed by atoms with E-state index in [0.29, 0.717) is 18.8 Å². The van der Waals surface area contributed by atoms with E-state index in [9.17, 15) is 26.4 Å². The fourth-order valence-electron chi connectivity index (χ4n) is 4.68. The van der Waals surface area contributed by atoms with Crippen molar-refractivity contribution in [1.29, 1.82) is 0 Å². The Balaban J connectivity index is 1.57. The number of hydrogen-bond donors (Lipinski definition) is 1. The fraction of sp³-hybridized carbons (Fsp3) is 0.682. The Bertz CT molecular complexity index is 883. The Morgan fingerprint density at radius 3 is 2.56 bits per heavy atom. The van der Waals surface area contributed by atoms with Gasteiger partial charge in [-0.25, -0.2) is 8.42 Å². The Hall–Kier alpha value is -1.81. The number of nitrogens with zero attached hydrogens (tertiary/aromatic N) is 1. The Morgan fingerprint density at radius 1 is 1.19 bits per heavy atom. The second-order valence-corrected chi connectivity index (χ2v) is 10.6. The molecule has 180 valence electrons. The van der Waals surface area contributed by atoms with Gasteiger partial charge in [-0.05, 0) is 50.2 Å². The minimum atomic E-state index is -4.90. The summed E-state index contributed by atoms with van der Waals surface area (Å²) in [6, 6.07) is 4.59. The smallest absolute Gasteiger partial charge is 0.406 e. The molecular formula is C22H31F3N2O4S. The molecule has 0 bridgehead atoms. The maximum atomic E-state index is 12.9. The van der Waals surface area contributed by atoms with Crippen molar-refractivity contribution < 1.29 is 31.1 Å². The van der Waals surface area contributed by atoms with Crippen molar-refractivity contribution in [3.63, 3.8) is 0 Å². The molecule has 10 heteroatoms. The zero-order chi connectivity index (χ0) is 23.4. The van der Waals surface area contributed by atoms with Crippen molar-refractivity contribution >= 4 is 15.9 Å². The minimum Gasteiger partial charge on any atom is -0.406 e. The number of alkyl halides is 3. The number of hydrogen-bond acceptors (Lipinski definition) is 4. The first-order valence-corrected chi connectivity index (χ1v) is 12.7. The third kappa shape index (κ3) is 6.37. The second kappa shape index (κ2) is 10.4. The summed E-state index contributed by atoms with van der Waals surface area (Å²) < 4.78 is 68.2. The lowest BCUT2D eigenvalue weighted by Gasteiger charge is -2.32. The summed E-state index contributed by atoms with van der Waals surface area (Å²) in [6.45, 7) is 2.45. The number of amides is 1. The van der Waals surface area contributed by atoms with Crippen LogP contribution < -0.4 is 10.1 Å². The van der Waals surface area contributed by atoms with Crippen molar-refractivity contribution in [2.75, 3.05) is 13.1 Å². The van der Waals surface area contributed by atoms with Crippen molar-refractivity contribution in [2.45, 2.75) is 75.6 Å². The standard InChI is InChI=1S/C22H31F3N2O4S/c1-2-3-6-16-7-4-10-20(16)26-21(28)17-11-13-27(14-12-17)32(29,30)19-9-5-8-18(15-19)31-22(23,24)25/h5,8-9,15-17,20H,2-4,6-7,10-14H2,1H3,(H,26,28). The summed E-state index contributed by atoms with van der Waals surface area (Å²) in [5, 5.41) is 3.19. The number of benzene rings is 1. The molecule has 0 aromatic heterocycles. The van der Waals surface area contributed by atoms with Crippen LogP contribution in [0.1, 0.15) is 58.3 Å². The van der Waals surface area contributed by atoms with E-state index in [1.165, 1.54) is 16.4 Å². The van der Waals surface area contributed by atoms with Crippen molar-refractivity contribution in [1.82, 2.24) is 9.62 Å². The molecule has 1 aromatic carbocycles. The number of rotatable bonds is 8. The van der Waals surface area contributed by atoms with Gasteiger partial charge in [-0.2, -0.15) is 4.31 Å². The molecular weight excluding hydrogens is 445 g/mol. The Kier molecular flexibility index (Phi) is 8.08. The lowest BCUT2D eigenvalue weighted by atomic mass is 9.94. The molecule has 1 saturated heterocycles. The Labute approximate surface area is 187 Å². The van der Waals surface area contributed by atoms with Crippen molar-refractivity contribution in [3.8, 4) is 5.75 Å². The quantitative estimate of drug-likeness (QED) is 0.601. The Morgan fingerprint density at radius 2 is 1.91 bits per heavy atom. The maximum absolute atomic E-state index is 12.9. The normalized spacial score (nSPS) is 23.2. The fourth-order valence-corrected chi connectivity index (χ4v) is 6.18. The molecule has 1 heterocycles. The van der Waals surface area contributed by atoms with E-state index in [4.69, 9.17) is 0 Å². The van der Waals surface area contributed by atoms with Gasteiger partial charge in [0.25, 0.3) is 0 Å². The molecule has 2 atom stereocenters. The average Bonchev–Trinajstić information content (AvgIpc) is 3.18. The number of ether oxygens (including phenoxy) is 1. The van der Waals surface area contributed by atoms with Crippen LogP contribution in [0.4, 0.5) is 13.2 Å². The van der Waals surface area contributed by atoms with E-state index in [0.717, 1.165) is 50.7 Å². The van der Waals surface area contributed by atoms with Gasteiger partial charge >= 0.3 is 6.36 Å². The zero-order valence-corrected chi connectivity index (χ0v) is 19.1. The third-order valence-electron chi connectivity index (χ3n) is 6.42. The van der Waals surface area contributed by atoms with Crippen LogP contribution in [0.2, 0.25) is 0 Å². The van der Waals surface area contributed by atoms with E-state index in [-0.39, 0.29) is 35.9 Å². The van der Waals surface area contributed by atoms with Crippen LogP contribution in [0.3, 0.4) is 0 Å². The van der Waals surface area contributed by atoms with E-state index in [1.54, 1.807) is 0 Å². The SMILES string of the molecule is CCCCC1CCCC1NC(=O)C1CCN(S(=O)(=O)c2cccc(OC(F)(F)F)c2)CC1. The van der Waals surface area contributed by atoms with Crippen LogP contribution >= 0.6 is 0 Å². The van der Waals surface area contributed by atoms with E-state index in [2.05, 4.69) is 17.0 Å². The largest absolute Gasteiger partial charge is 0.573 e. The van der Waals surface area contributed by atoms with E-state index in [1.807, 2.05) is 0 Å². The number of piperidine rings is 1. The van der Waals surface area contributed by atoms with Gasteiger partial charge in [0.15, 0.2) is 0 Å². The van der Waals surface area contributed by atoms with E-state index < -0.39 is 22.1 Å². The second-order valence-electron chi connectivity index (χ2n) is 8.65. The maximum Gasteiger partial charge on any atom is 0.573 e. The van der Waals surface area contributed by atoms with Gasteiger partial charge in [0, 0.05) is 31.1 Å². The molecule has 32 heavy (non-hydrogen) atoms. The number of carbonyl (C=O) groups is 1. The van der Waals surface area contributed by atoms with Gasteiger partial charge in [0.1, 0.15) is 5.75 Å². The van der Waals surface area contributed by atoms with Crippen LogP contribution in [0, 0.1) is 11.8 Å². The van der Waals surface area contributed by atoms with Crippen molar-refractivity contribution in [3.05, 3.63) is 24.3 Å². The van der Waals surface area contributed by atoms with Crippen LogP contribution in [0.15, 0.2) is 29.2 Å². The first-order valence-electron chi connectivity index (χ1n) is 11.3. The van der Waals surface area contributed by atoms with Crippen LogP contribution in [-0.2, 0) is 14.8 Å². The molecule has 1 aromatic rings. The summed E-state index contributed by atoms with van der Waals surface area (Å²) in [6.07, 6.45) is 2.53. The predicted molar refractivity (Wildman–Crippen MR) is 113 cm³/mol. The van der Waals surface area contributed by atoms with Gasteiger partial charge < -0.3 is 10.1 Å². The highest BCUT2D eigenvalue weighted by molar-refractivity contribution is 7.89. The van der Waals surface area contributed by atoms with Gasteiger partial charge in [-0.3, -0.25) is 4.79 Å². The molecule has 1 aliphatic heterocycles. The number of halogens is 3. The molecule has 0 radical (unpaired) electrons. The third-order valence-corrected chi connectivity index (χ3v) is 8.31. The topological polar surface area (TPSA) is 75.7 Å². The first kappa shape index (κ1) is 24.8. The highest BCUT2D eigenvalue weighted by Crippen LogP contribution is 2.32. The molecule has 3 rings (SSSR count). The molecule has 2 fully saturated rings. The minimum absolute atomic E-state index is 0.0176. The lowest BCUT2D eigenvalue weighted by Crippen LogP contribution is -2.46. The summed E-state index contributed by atoms with van der Waals surface area (Å²) in [5.41, 5.74) is 0. The van der Waals surface area contributed by atoms with Gasteiger partial charge in [0.2, 0.25) is 15.9 Å². The first-order chi connectivity index (χ1) is 15.1. The molecule has 1 aliphatic carbocycles. The zero-order valence-electron chi connectivity index (χ0n) is 18.2.